The molecule has 106 valence electrons. The summed E-state index contributed by atoms with van der Waals surface area (Å²) in [4.78, 5) is 2.50. The molecule has 0 radical (unpaired) electrons. The zero-order valence-corrected chi connectivity index (χ0v) is 13.1. The molecule has 1 fully saturated rings. The molecule has 1 aromatic carbocycles. The van der Waals surface area contributed by atoms with E-state index < -0.39 is 0 Å². The average molecular weight is 328 g/mol. The summed E-state index contributed by atoms with van der Waals surface area (Å²) < 4.78 is 5.90. The van der Waals surface area contributed by atoms with Gasteiger partial charge in [-0.25, -0.2) is 0 Å². The van der Waals surface area contributed by atoms with Crippen molar-refractivity contribution in [3.63, 3.8) is 0 Å². The number of phenols is 1. The summed E-state index contributed by atoms with van der Waals surface area (Å²) in [6.07, 6.45) is 6.65. The quantitative estimate of drug-likeness (QED) is 0.912. The lowest BCUT2D eigenvalue weighted by Crippen LogP contribution is -2.26. The fourth-order valence-corrected chi connectivity index (χ4v) is 3.09. The molecular weight excluding hydrogens is 306 g/mol. The molecule has 0 aromatic heterocycles. The van der Waals surface area contributed by atoms with Crippen LogP contribution in [0.3, 0.4) is 0 Å². The minimum Gasteiger partial charge on any atom is -0.503 e. The fourth-order valence-electron chi connectivity index (χ4n) is 2.60. The highest BCUT2D eigenvalue weighted by atomic mass is 79.9. The SMILES string of the molecule is COc1cc(CN2CCCCCCC2)cc(Br)c1O. The van der Waals surface area contributed by atoms with Crippen LogP contribution in [0.25, 0.3) is 0 Å². The van der Waals surface area contributed by atoms with Gasteiger partial charge in [0, 0.05) is 6.54 Å². The van der Waals surface area contributed by atoms with Crippen molar-refractivity contribution in [2.24, 2.45) is 0 Å². The Balaban J connectivity index is 2.06. The maximum absolute atomic E-state index is 9.82. The van der Waals surface area contributed by atoms with Gasteiger partial charge in [0.05, 0.1) is 11.6 Å². The van der Waals surface area contributed by atoms with Crippen LogP contribution < -0.4 is 4.74 Å². The van der Waals surface area contributed by atoms with E-state index in [1.54, 1.807) is 7.11 Å². The molecule has 3 nitrogen and oxygen atoms in total. The second-order valence-electron chi connectivity index (χ2n) is 5.17. The van der Waals surface area contributed by atoms with Crippen LogP contribution in [-0.4, -0.2) is 30.2 Å². The summed E-state index contributed by atoms with van der Waals surface area (Å²) in [6, 6.07) is 3.91. The molecule has 0 amide bonds. The van der Waals surface area contributed by atoms with E-state index in [0.29, 0.717) is 10.2 Å². The number of benzene rings is 1. The second-order valence-corrected chi connectivity index (χ2v) is 6.03. The summed E-state index contributed by atoms with van der Waals surface area (Å²) in [7, 11) is 1.58. The van der Waals surface area contributed by atoms with E-state index in [2.05, 4.69) is 20.8 Å². The molecule has 1 N–H and O–H groups in total. The number of hydrogen-bond donors (Lipinski definition) is 1. The maximum Gasteiger partial charge on any atom is 0.172 e. The van der Waals surface area contributed by atoms with Gasteiger partial charge in [-0.15, -0.1) is 0 Å². The Morgan fingerprint density at radius 3 is 2.42 bits per heavy atom. The monoisotopic (exact) mass is 327 g/mol. The van der Waals surface area contributed by atoms with E-state index in [9.17, 15) is 5.11 Å². The molecule has 0 bridgehead atoms. The van der Waals surface area contributed by atoms with Crippen LogP contribution in [0.15, 0.2) is 16.6 Å². The fraction of sp³-hybridized carbons (Fsp3) is 0.600. The van der Waals surface area contributed by atoms with Crippen LogP contribution in [0.4, 0.5) is 0 Å². The van der Waals surface area contributed by atoms with Gasteiger partial charge in [0.2, 0.25) is 0 Å². The highest BCUT2D eigenvalue weighted by Crippen LogP contribution is 2.35. The molecule has 0 atom stereocenters. The van der Waals surface area contributed by atoms with E-state index in [-0.39, 0.29) is 5.75 Å². The summed E-state index contributed by atoms with van der Waals surface area (Å²) >= 11 is 3.38. The molecule has 2 rings (SSSR count). The molecule has 4 heteroatoms. The Morgan fingerprint density at radius 2 is 1.79 bits per heavy atom. The predicted molar refractivity (Wildman–Crippen MR) is 80.7 cm³/mol. The maximum atomic E-state index is 9.82. The van der Waals surface area contributed by atoms with Gasteiger partial charge in [-0.3, -0.25) is 4.90 Å². The number of ether oxygens (including phenoxy) is 1. The van der Waals surface area contributed by atoms with Crippen molar-refractivity contribution in [1.29, 1.82) is 0 Å². The number of phenolic OH excluding ortho intramolecular Hbond substituents is 1. The van der Waals surface area contributed by atoms with Crippen molar-refractivity contribution in [2.45, 2.75) is 38.6 Å². The van der Waals surface area contributed by atoms with Gasteiger partial charge in [0.15, 0.2) is 11.5 Å². The number of halogens is 1. The lowest BCUT2D eigenvalue weighted by atomic mass is 10.1. The van der Waals surface area contributed by atoms with Gasteiger partial charge in [0.25, 0.3) is 0 Å². The van der Waals surface area contributed by atoms with Crippen LogP contribution >= 0.6 is 15.9 Å². The van der Waals surface area contributed by atoms with Gasteiger partial charge >= 0.3 is 0 Å². The Hall–Kier alpha value is -0.740. The van der Waals surface area contributed by atoms with Crippen LogP contribution in [0, 0.1) is 0 Å². The van der Waals surface area contributed by atoms with Crippen molar-refractivity contribution in [1.82, 2.24) is 4.90 Å². The summed E-state index contributed by atoms with van der Waals surface area (Å²) in [5.41, 5.74) is 1.18. The lowest BCUT2D eigenvalue weighted by molar-refractivity contribution is 0.239. The first kappa shape index (κ1) is 14.7. The minimum atomic E-state index is 0.180. The number of rotatable bonds is 3. The van der Waals surface area contributed by atoms with E-state index in [0.717, 1.165) is 6.54 Å². The van der Waals surface area contributed by atoms with Crippen molar-refractivity contribution in [2.75, 3.05) is 20.2 Å². The third-order valence-electron chi connectivity index (χ3n) is 3.66. The molecule has 1 heterocycles. The topological polar surface area (TPSA) is 32.7 Å². The Kier molecular flexibility index (Phi) is 5.52. The summed E-state index contributed by atoms with van der Waals surface area (Å²) in [5, 5.41) is 9.82. The van der Waals surface area contributed by atoms with Crippen LogP contribution in [0.5, 0.6) is 11.5 Å². The highest BCUT2D eigenvalue weighted by molar-refractivity contribution is 9.10. The standard InChI is InChI=1S/C15H22BrNO2/c1-19-14-10-12(9-13(16)15(14)18)11-17-7-5-3-2-4-6-8-17/h9-10,18H,2-8,11H2,1H3. The predicted octanol–water partition coefficient (Wildman–Crippen LogP) is 3.93. The van der Waals surface area contributed by atoms with Crippen molar-refractivity contribution in [3.05, 3.63) is 22.2 Å². The molecule has 0 unspecified atom stereocenters. The van der Waals surface area contributed by atoms with Gasteiger partial charge < -0.3 is 9.84 Å². The number of nitrogens with zero attached hydrogens (tertiary/aromatic N) is 1. The number of methoxy groups -OCH3 is 1. The molecule has 19 heavy (non-hydrogen) atoms. The smallest absolute Gasteiger partial charge is 0.172 e. The van der Waals surface area contributed by atoms with E-state index in [4.69, 9.17) is 4.74 Å². The van der Waals surface area contributed by atoms with Gasteiger partial charge in [-0.1, -0.05) is 19.3 Å². The van der Waals surface area contributed by atoms with Crippen LogP contribution in [0.1, 0.15) is 37.7 Å². The molecule has 0 saturated carbocycles. The summed E-state index contributed by atoms with van der Waals surface area (Å²) in [5.74, 6) is 0.718. The molecule has 1 saturated heterocycles. The van der Waals surface area contributed by atoms with Crippen molar-refractivity contribution >= 4 is 15.9 Å². The Morgan fingerprint density at radius 1 is 1.16 bits per heavy atom. The van der Waals surface area contributed by atoms with Gasteiger partial charge in [0.1, 0.15) is 0 Å². The third-order valence-corrected chi connectivity index (χ3v) is 4.27. The molecule has 0 spiro atoms. The van der Waals surface area contributed by atoms with Crippen molar-refractivity contribution in [3.8, 4) is 11.5 Å². The molecule has 1 aliphatic rings. The van der Waals surface area contributed by atoms with Crippen molar-refractivity contribution < 1.29 is 9.84 Å². The second kappa shape index (κ2) is 7.15. The largest absolute Gasteiger partial charge is 0.503 e. The molecule has 1 aromatic rings. The third kappa shape index (κ3) is 4.11. The van der Waals surface area contributed by atoms with E-state index in [1.165, 1.54) is 50.8 Å². The molecule has 0 aliphatic carbocycles. The van der Waals surface area contributed by atoms with Crippen LogP contribution in [0.2, 0.25) is 0 Å². The number of aromatic hydroxyl groups is 1. The van der Waals surface area contributed by atoms with Gasteiger partial charge in [-0.05, 0) is 59.6 Å². The first-order valence-corrected chi connectivity index (χ1v) is 7.77. The molecular formula is C15H22BrNO2. The van der Waals surface area contributed by atoms with Gasteiger partial charge in [-0.2, -0.15) is 0 Å². The highest BCUT2D eigenvalue weighted by Gasteiger charge is 2.12. The normalized spacial score (nSPS) is 17.8. The van der Waals surface area contributed by atoms with E-state index >= 15 is 0 Å². The Bertz CT molecular complexity index is 415. The summed E-state index contributed by atoms with van der Waals surface area (Å²) in [6.45, 7) is 3.26. The van der Waals surface area contributed by atoms with Crippen LogP contribution in [-0.2, 0) is 6.54 Å². The average Bonchev–Trinajstić information content (AvgIpc) is 2.36. The molecule has 1 aliphatic heterocycles. The first-order valence-electron chi connectivity index (χ1n) is 6.98. The van der Waals surface area contributed by atoms with E-state index in [1.807, 2.05) is 12.1 Å². The first-order chi connectivity index (χ1) is 9.20. The lowest BCUT2D eigenvalue weighted by Gasteiger charge is -2.24. The Labute approximate surface area is 123 Å². The zero-order chi connectivity index (χ0) is 13.7. The zero-order valence-electron chi connectivity index (χ0n) is 11.5. The number of likely N-dealkylation sites (tertiary alicyclic amines) is 1. The number of hydrogen-bond acceptors (Lipinski definition) is 3. The minimum absolute atomic E-state index is 0.180.